The highest BCUT2D eigenvalue weighted by molar-refractivity contribution is 5.85. The second kappa shape index (κ2) is 4.37. The van der Waals surface area contributed by atoms with Crippen molar-refractivity contribution in [3.63, 3.8) is 0 Å². The maximum Gasteiger partial charge on any atom is 0.123 e. The highest BCUT2D eigenvalue weighted by Crippen LogP contribution is 2.58. The van der Waals surface area contributed by atoms with E-state index in [9.17, 15) is 5.11 Å². The molecule has 0 bridgehead atoms. The van der Waals surface area contributed by atoms with Gasteiger partial charge in [0.1, 0.15) is 5.75 Å². The molecule has 1 aliphatic rings. The maximum absolute atomic E-state index is 10.4. The lowest BCUT2D eigenvalue weighted by Crippen LogP contribution is -2.37. The zero-order chi connectivity index (χ0) is 14.5. The van der Waals surface area contributed by atoms with Crippen molar-refractivity contribution in [2.24, 2.45) is 11.8 Å². The lowest BCUT2D eigenvalue weighted by atomic mass is 9.63. The zero-order valence-electron chi connectivity index (χ0n) is 12.6. The van der Waals surface area contributed by atoms with Gasteiger partial charge < -0.3 is 5.11 Å². The zero-order valence-corrected chi connectivity index (χ0v) is 12.6. The molecule has 20 heavy (non-hydrogen) atoms. The molecule has 0 unspecified atom stereocenters. The molecule has 104 valence electrons. The predicted molar refractivity (Wildman–Crippen MR) is 84.0 cm³/mol. The number of aromatic hydroxyl groups is 1. The summed E-state index contributed by atoms with van der Waals surface area (Å²) in [7, 11) is 0. The van der Waals surface area contributed by atoms with Crippen LogP contribution >= 0.6 is 0 Å². The van der Waals surface area contributed by atoms with Crippen LogP contribution in [0.1, 0.15) is 38.8 Å². The van der Waals surface area contributed by atoms with E-state index in [0.717, 1.165) is 5.56 Å². The fourth-order valence-corrected chi connectivity index (χ4v) is 4.29. The van der Waals surface area contributed by atoms with Crippen LogP contribution in [0, 0.1) is 11.8 Å². The third-order valence-electron chi connectivity index (χ3n) is 4.95. The summed E-state index contributed by atoms with van der Waals surface area (Å²) in [5, 5.41) is 10.4. The van der Waals surface area contributed by atoms with Gasteiger partial charge in [0.2, 0.25) is 0 Å². The Morgan fingerprint density at radius 2 is 1.40 bits per heavy atom. The first kappa shape index (κ1) is 13.2. The molecule has 0 spiro atoms. The Morgan fingerprint density at radius 1 is 0.800 bits per heavy atom. The van der Waals surface area contributed by atoms with Gasteiger partial charge in [0.15, 0.2) is 0 Å². The number of fused-ring (bicyclic) bond motifs is 3. The van der Waals surface area contributed by atoms with E-state index >= 15 is 0 Å². The molecule has 1 N–H and O–H groups in total. The molecule has 0 radical (unpaired) electrons. The molecular weight excluding hydrogens is 244 g/mol. The van der Waals surface area contributed by atoms with Crippen molar-refractivity contribution in [1.82, 2.24) is 0 Å². The van der Waals surface area contributed by atoms with E-state index in [0.29, 0.717) is 17.6 Å². The van der Waals surface area contributed by atoms with Crippen molar-refractivity contribution < 1.29 is 5.11 Å². The van der Waals surface area contributed by atoms with E-state index in [1.165, 1.54) is 16.7 Å². The molecule has 0 atom stereocenters. The van der Waals surface area contributed by atoms with Crippen molar-refractivity contribution in [2.45, 2.75) is 33.1 Å². The lowest BCUT2D eigenvalue weighted by Gasteiger charge is -2.40. The molecule has 1 nitrogen and oxygen atoms in total. The molecule has 0 amide bonds. The molecule has 2 aromatic carbocycles. The van der Waals surface area contributed by atoms with Gasteiger partial charge in [0, 0.05) is 11.0 Å². The fourth-order valence-electron chi connectivity index (χ4n) is 4.29. The Kier molecular flexibility index (Phi) is 2.89. The first-order valence-corrected chi connectivity index (χ1v) is 7.43. The van der Waals surface area contributed by atoms with Crippen molar-refractivity contribution in [1.29, 1.82) is 0 Å². The summed E-state index contributed by atoms with van der Waals surface area (Å²) >= 11 is 0. The minimum Gasteiger partial charge on any atom is -0.507 e. The Hall–Kier alpha value is -1.76. The number of hydrogen-bond donors (Lipinski definition) is 1. The van der Waals surface area contributed by atoms with E-state index in [2.05, 4.69) is 58.0 Å². The van der Waals surface area contributed by atoms with Crippen LogP contribution in [0.2, 0.25) is 0 Å². The van der Waals surface area contributed by atoms with Crippen LogP contribution in [0.25, 0.3) is 11.1 Å². The first-order chi connectivity index (χ1) is 9.51. The summed E-state index contributed by atoms with van der Waals surface area (Å²) in [5.41, 5.74) is 4.86. The topological polar surface area (TPSA) is 20.2 Å². The molecule has 1 aliphatic carbocycles. The summed E-state index contributed by atoms with van der Waals surface area (Å²) in [6.45, 7) is 9.15. The van der Waals surface area contributed by atoms with Crippen molar-refractivity contribution in [2.75, 3.05) is 0 Å². The summed E-state index contributed by atoms with van der Waals surface area (Å²) in [4.78, 5) is 0. The van der Waals surface area contributed by atoms with Crippen molar-refractivity contribution >= 4 is 0 Å². The molecule has 1 heteroatoms. The second-order valence-electron chi connectivity index (χ2n) is 6.42. The fraction of sp³-hybridized carbons (Fsp3) is 0.368. The van der Waals surface area contributed by atoms with E-state index in [4.69, 9.17) is 0 Å². The summed E-state index contributed by atoms with van der Waals surface area (Å²) in [6.07, 6.45) is 0. The molecule has 0 saturated heterocycles. The van der Waals surface area contributed by atoms with Gasteiger partial charge in [0.25, 0.3) is 0 Å². The van der Waals surface area contributed by atoms with Gasteiger partial charge in [-0.3, -0.25) is 0 Å². The summed E-state index contributed by atoms with van der Waals surface area (Å²) in [5.74, 6) is 1.36. The Labute approximate surface area is 121 Å². The quantitative estimate of drug-likeness (QED) is 0.813. The van der Waals surface area contributed by atoms with Crippen LogP contribution in [-0.4, -0.2) is 5.11 Å². The third kappa shape index (κ3) is 1.44. The number of benzene rings is 2. The van der Waals surface area contributed by atoms with Crippen LogP contribution in [0.5, 0.6) is 5.75 Å². The van der Waals surface area contributed by atoms with Crippen molar-refractivity contribution in [3.05, 3.63) is 53.6 Å². The van der Waals surface area contributed by atoms with E-state index in [-0.39, 0.29) is 5.41 Å². The van der Waals surface area contributed by atoms with Crippen molar-refractivity contribution in [3.8, 4) is 16.9 Å². The van der Waals surface area contributed by atoms with Gasteiger partial charge >= 0.3 is 0 Å². The Bertz CT molecular complexity index is 645. The van der Waals surface area contributed by atoms with Gasteiger partial charge in [0.05, 0.1) is 0 Å². The van der Waals surface area contributed by atoms with Gasteiger partial charge in [-0.1, -0.05) is 64.1 Å². The first-order valence-electron chi connectivity index (χ1n) is 7.43. The smallest absolute Gasteiger partial charge is 0.123 e. The summed E-state index contributed by atoms with van der Waals surface area (Å²) < 4.78 is 0. The van der Waals surface area contributed by atoms with E-state index in [1.54, 1.807) is 6.07 Å². The van der Waals surface area contributed by atoms with Gasteiger partial charge in [-0.2, -0.15) is 0 Å². The molecule has 2 aromatic rings. The average Bonchev–Trinajstić information content (AvgIpc) is 2.71. The second-order valence-corrected chi connectivity index (χ2v) is 6.42. The maximum atomic E-state index is 10.4. The van der Waals surface area contributed by atoms with Gasteiger partial charge in [-0.15, -0.1) is 0 Å². The van der Waals surface area contributed by atoms with Crippen LogP contribution in [0.15, 0.2) is 42.5 Å². The minimum absolute atomic E-state index is 0.00926. The number of phenolic OH excluding ortho intramolecular Hbond substituents is 1. The largest absolute Gasteiger partial charge is 0.507 e. The van der Waals surface area contributed by atoms with E-state index in [1.807, 2.05) is 6.07 Å². The van der Waals surface area contributed by atoms with E-state index < -0.39 is 0 Å². The van der Waals surface area contributed by atoms with Gasteiger partial charge in [-0.25, -0.2) is 0 Å². The number of hydrogen-bond acceptors (Lipinski definition) is 1. The third-order valence-corrected chi connectivity index (χ3v) is 4.95. The highest BCUT2D eigenvalue weighted by Gasteiger charge is 2.48. The molecule has 3 rings (SSSR count). The molecular formula is C19H22O. The SMILES string of the molecule is CC(C)C1(C(C)C)c2ccccc2-c2c(O)cccc21. The summed E-state index contributed by atoms with van der Waals surface area (Å²) in [6, 6.07) is 14.5. The lowest BCUT2D eigenvalue weighted by molar-refractivity contribution is 0.280. The molecule has 0 fully saturated rings. The molecule has 0 heterocycles. The van der Waals surface area contributed by atoms with Crippen LogP contribution in [0.4, 0.5) is 0 Å². The van der Waals surface area contributed by atoms with Crippen LogP contribution < -0.4 is 0 Å². The Morgan fingerprint density at radius 3 is 2.05 bits per heavy atom. The van der Waals surface area contributed by atoms with Crippen LogP contribution in [-0.2, 0) is 5.41 Å². The average molecular weight is 266 g/mol. The predicted octanol–water partition coefficient (Wildman–Crippen LogP) is 4.97. The minimum atomic E-state index is -0.00926. The standard InChI is InChI=1S/C19H22O/c1-12(2)19(13(3)4)15-9-6-5-8-14(15)18-16(19)10-7-11-17(18)20/h5-13,20H,1-4H3. The number of rotatable bonds is 2. The normalized spacial score (nSPS) is 15.5. The Balaban J connectivity index is 2.47. The van der Waals surface area contributed by atoms with Crippen LogP contribution in [0.3, 0.4) is 0 Å². The molecule has 0 saturated carbocycles. The molecule has 0 aliphatic heterocycles. The monoisotopic (exact) mass is 266 g/mol. The highest BCUT2D eigenvalue weighted by atomic mass is 16.3. The molecule has 0 aromatic heterocycles. The van der Waals surface area contributed by atoms with Gasteiger partial charge in [-0.05, 0) is 34.6 Å². The number of phenols is 1.